The maximum atomic E-state index is 11.1. The summed E-state index contributed by atoms with van der Waals surface area (Å²) < 4.78 is 5.75. The van der Waals surface area contributed by atoms with Crippen molar-refractivity contribution in [2.75, 3.05) is 0 Å². The molecule has 0 saturated carbocycles. The first-order valence-electron chi connectivity index (χ1n) is 5.97. The summed E-state index contributed by atoms with van der Waals surface area (Å²) >= 11 is 0. The fourth-order valence-electron chi connectivity index (χ4n) is 2.17. The molecule has 0 unspecified atom stereocenters. The van der Waals surface area contributed by atoms with Crippen molar-refractivity contribution in [3.63, 3.8) is 0 Å². The molecule has 0 spiro atoms. The van der Waals surface area contributed by atoms with Crippen LogP contribution in [0, 0.1) is 6.92 Å². The molecular weight excluding hydrogens is 240 g/mol. The molecule has 19 heavy (non-hydrogen) atoms. The van der Waals surface area contributed by atoms with Crippen molar-refractivity contribution in [3.05, 3.63) is 59.7 Å². The highest BCUT2D eigenvalue weighted by Crippen LogP contribution is 2.29. The Morgan fingerprint density at radius 1 is 1.11 bits per heavy atom. The molecule has 1 aromatic heterocycles. The van der Waals surface area contributed by atoms with Gasteiger partial charge in [0.15, 0.2) is 0 Å². The van der Waals surface area contributed by atoms with E-state index >= 15 is 0 Å². The molecular formula is C16H12O3. The van der Waals surface area contributed by atoms with Crippen molar-refractivity contribution < 1.29 is 14.3 Å². The summed E-state index contributed by atoms with van der Waals surface area (Å²) in [5.74, 6) is -0.242. The van der Waals surface area contributed by atoms with E-state index in [-0.39, 0.29) is 5.56 Å². The number of fused-ring (bicyclic) bond motifs is 1. The van der Waals surface area contributed by atoms with E-state index < -0.39 is 5.97 Å². The molecule has 3 heteroatoms. The summed E-state index contributed by atoms with van der Waals surface area (Å²) in [7, 11) is 0. The molecule has 0 aliphatic carbocycles. The lowest BCUT2D eigenvalue weighted by atomic mass is 10.0. The molecule has 0 aliphatic rings. The van der Waals surface area contributed by atoms with Crippen LogP contribution in [-0.4, -0.2) is 11.1 Å². The minimum Gasteiger partial charge on any atom is -0.478 e. The van der Waals surface area contributed by atoms with Gasteiger partial charge in [-0.05, 0) is 42.8 Å². The maximum absolute atomic E-state index is 11.1. The first kappa shape index (κ1) is 11.5. The van der Waals surface area contributed by atoms with Crippen LogP contribution in [0.5, 0.6) is 0 Å². The summed E-state index contributed by atoms with van der Waals surface area (Å²) in [5.41, 5.74) is 2.76. The van der Waals surface area contributed by atoms with Gasteiger partial charge in [0, 0.05) is 10.9 Å². The highest BCUT2D eigenvalue weighted by atomic mass is 16.4. The zero-order chi connectivity index (χ0) is 13.4. The third kappa shape index (κ3) is 2.10. The quantitative estimate of drug-likeness (QED) is 0.746. The summed E-state index contributed by atoms with van der Waals surface area (Å²) in [6.45, 7) is 1.87. The average molecular weight is 252 g/mol. The summed E-state index contributed by atoms with van der Waals surface area (Å²) in [6, 6.07) is 14.8. The van der Waals surface area contributed by atoms with Gasteiger partial charge in [-0.1, -0.05) is 18.2 Å². The molecule has 1 N–H and O–H groups in total. The number of furan rings is 1. The highest BCUT2D eigenvalue weighted by Gasteiger charge is 2.10. The van der Waals surface area contributed by atoms with Crippen LogP contribution >= 0.6 is 0 Å². The van der Waals surface area contributed by atoms with Gasteiger partial charge in [-0.15, -0.1) is 0 Å². The fraction of sp³-hybridized carbons (Fsp3) is 0.0625. The Hall–Kier alpha value is -2.55. The molecule has 0 saturated heterocycles. The molecule has 3 nitrogen and oxygen atoms in total. The second-order valence-corrected chi connectivity index (χ2v) is 4.54. The van der Waals surface area contributed by atoms with Crippen LogP contribution in [0.15, 0.2) is 52.9 Å². The van der Waals surface area contributed by atoms with E-state index in [0.717, 1.165) is 22.1 Å². The molecule has 3 rings (SSSR count). The SMILES string of the molecule is Cc1cc(C(=O)O)cc(-c2cc3ccccc3o2)c1. The number of carbonyl (C=O) groups is 1. The number of para-hydroxylation sites is 1. The van der Waals surface area contributed by atoms with Crippen molar-refractivity contribution in [1.29, 1.82) is 0 Å². The van der Waals surface area contributed by atoms with Crippen LogP contribution < -0.4 is 0 Å². The van der Waals surface area contributed by atoms with Gasteiger partial charge in [-0.3, -0.25) is 0 Å². The fourth-order valence-corrected chi connectivity index (χ4v) is 2.17. The van der Waals surface area contributed by atoms with Gasteiger partial charge in [-0.25, -0.2) is 4.79 Å². The number of hydrogen-bond donors (Lipinski definition) is 1. The first-order chi connectivity index (χ1) is 9.13. The number of aromatic carboxylic acids is 1. The highest BCUT2D eigenvalue weighted by molar-refractivity contribution is 5.90. The average Bonchev–Trinajstić information content (AvgIpc) is 2.81. The topological polar surface area (TPSA) is 50.4 Å². The van der Waals surface area contributed by atoms with Crippen LogP contribution in [0.3, 0.4) is 0 Å². The normalized spacial score (nSPS) is 10.8. The third-order valence-corrected chi connectivity index (χ3v) is 3.03. The molecule has 3 aromatic rings. The second-order valence-electron chi connectivity index (χ2n) is 4.54. The van der Waals surface area contributed by atoms with Gasteiger partial charge in [0.05, 0.1) is 5.56 Å². The second kappa shape index (κ2) is 4.28. The third-order valence-electron chi connectivity index (χ3n) is 3.03. The summed E-state index contributed by atoms with van der Waals surface area (Å²) in [6.07, 6.45) is 0. The number of rotatable bonds is 2. The maximum Gasteiger partial charge on any atom is 0.335 e. The molecule has 0 aliphatic heterocycles. The lowest BCUT2D eigenvalue weighted by Gasteiger charge is -2.02. The molecule has 2 aromatic carbocycles. The minimum absolute atomic E-state index is 0.274. The van der Waals surface area contributed by atoms with Crippen molar-refractivity contribution in [3.8, 4) is 11.3 Å². The van der Waals surface area contributed by atoms with E-state index in [4.69, 9.17) is 9.52 Å². The smallest absolute Gasteiger partial charge is 0.335 e. The Balaban J connectivity index is 2.17. The van der Waals surface area contributed by atoms with Crippen molar-refractivity contribution in [2.45, 2.75) is 6.92 Å². The van der Waals surface area contributed by atoms with Gasteiger partial charge in [0.25, 0.3) is 0 Å². The molecule has 1 heterocycles. The Bertz CT molecular complexity index is 736. The van der Waals surface area contributed by atoms with Gasteiger partial charge < -0.3 is 9.52 Å². The van der Waals surface area contributed by atoms with E-state index in [1.54, 1.807) is 12.1 Å². The Labute approximate surface area is 110 Å². The Kier molecular flexibility index (Phi) is 2.60. The zero-order valence-electron chi connectivity index (χ0n) is 10.4. The first-order valence-corrected chi connectivity index (χ1v) is 5.97. The van der Waals surface area contributed by atoms with E-state index in [9.17, 15) is 4.79 Å². The van der Waals surface area contributed by atoms with Crippen molar-refractivity contribution in [1.82, 2.24) is 0 Å². The van der Waals surface area contributed by atoms with Crippen LogP contribution in [0.25, 0.3) is 22.3 Å². The van der Waals surface area contributed by atoms with E-state index in [0.29, 0.717) is 5.76 Å². The van der Waals surface area contributed by atoms with Gasteiger partial charge in [-0.2, -0.15) is 0 Å². The number of aryl methyl sites for hydroxylation is 1. The van der Waals surface area contributed by atoms with Gasteiger partial charge >= 0.3 is 5.97 Å². The number of hydrogen-bond acceptors (Lipinski definition) is 2. The molecule has 0 radical (unpaired) electrons. The van der Waals surface area contributed by atoms with Crippen LogP contribution in [0.1, 0.15) is 15.9 Å². The molecule has 0 bridgehead atoms. The lowest BCUT2D eigenvalue weighted by molar-refractivity contribution is 0.0697. The predicted octanol–water partition coefficient (Wildman–Crippen LogP) is 4.11. The zero-order valence-corrected chi connectivity index (χ0v) is 10.4. The van der Waals surface area contributed by atoms with Crippen LogP contribution in [-0.2, 0) is 0 Å². The van der Waals surface area contributed by atoms with E-state index in [2.05, 4.69) is 0 Å². The largest absolute Gasteiger partial charge is 0.478 e. The van der Waals surface area contributed by atoms with Crippen molar-refractivity contribution in [2.24, 2.45) is 0 Å². The summed E-state index contributed by atoms with van der Waals surface area (Å²) in [4.78, 5) is 11.1. The summed E-state index contributed by atoms with van der Waals surface area (Å²) in [5, 5.41) is 10.1. The van der Waals surface area contributed by atoms with Gasteiger partial charge in [0.2, 0.25) is 0 Å². The van der Waals surface area contributed by atoms with Crippen LogP contribution in [0.2, 0.25) is 0 Å². The molecule has 0 amide bonds. The van der Waals surface area contributed by atoms with E-state index in [1.165, 1.54) is 0 Å². The van der Waals surface area contributed by atoms with Crippen LogP contribution in [0.4, 0.5) is 0 Å². The Morgan fingerprint density at radius 3 is 2.63 bits per heavy atom. The van der Waals surface area contributed by atoms with Gasteiger partial charge in [0.1, 0.15) is 11.3 Å². The predicted molar refractivity (Wildman–Crippen MR) is 73.3 cm³/mol. The standard InChI is InChI=1S/C16H12O3/c1-10-6-12(8-13(7-10)16(17)18)15-9-11-4-2-3-5-14(11)19-15/h2-9H,1H3,(H,17,18). The minimum atomic E-state index is -0.930. The van der Waals surface area contributed by atoms with Crippen molar-refractivity contribution >= 4 is 16.9 Å². The number of carboxylic acid groups (broad SMARTS) is 1. The lowest BCUT2D eigenvalue weighted by Crippen LogP contribution is -1.97. The molecule has 0 atom stereocenters. The van der Waals surface area contributed by atoms with E-state index in [1.807, 2.05) is 43.3 Å². The monoisotopic (exact) mass is 252 g/mol. The number of benzene rings is 2. The molecule has 0 fully saturated rings. The Morgan fingerprint density at radius 2 is 1.89 bits per heavy atom. The number of carboxylic acids is 1. The molecule has 94 valence electrons.